The normalized spacial score (nSPS) is 12.2. The van der Waals surface area contributed by atoms with Gasteiger partial charge in [0.2, 0.25) is 0 Å². The zero-order valence-electron chi connectivity index (χ0n) is 10.8. The number of carbonyl (C=O) groups is 2. The molecule has 1 aromatic heterocycles. The second kappa shape index (κ2) is 6.96. The monoisotopic (exact) mass is 252 g/mol. The second-order valence-corrected chi connectivity index (χ2v) is 4.54. The van der Waals surface area contributed by atoms with Gasteiger partial charge in [-0.1, -0.05) is 6.92 Å². The van der Waals surface area contributed by atoms with Crippen molar-refractivity contribution in [2.24, 2.45) is 5.92 Å². The summed E-state index contributed by atoms with van der Waals surface area (Å²) < 4.78 is 0. The van der Waals surface area contributed by atoms with Gasteiger partial charge in [-0.2, -0.15) is 0 Å². The number of aliphatic hydroxyl groups excluding tert-OH is 1. The molecule has 5 nitrogen and oxygen atoms in total. The van der Waals surface area contributed by atoms with Crippen LogP contribution in [0, 0.1) is 5.92 Å². The van der Waals surface area contributed by atoms with Crippen LogP contribution in [0.15, 0.2) is 12.3 Å². The van der Waals surface area contributed by atoms with Crippen LogP contribution in [0.5, 0.6) is 0 Å². The molecule has 3 N–H and O–H groups in total. The van der Waals surface area contributed by atoms with E-state index in [-0.39, 0.29) is 24.2 Å². The molecule has 1 aromatic rings. The van der Waals surface area contributed by atoms with Gasteiger partial charge < -0.3 is 15.4 Å². The van der Waals surface area contributed by atoms with Crippen LogP contribution in [-0.4, -0.2) is 34.9 Å². The molecule has 0 saturated heterocycles. The fraction of sp³-hybridized carbons (Fsp3) is 0.538. The third-order valence-corrected chi connectivity index (χ3v) is 2.81. The van der Waals surface area contributed by atoms with Gasteiger partial charge in [0, 0.05) is 24.9 Å². The highest BCUT2D eigenvalue weighted by Gasteiger charge is 2.10. The molecule has 0 aromatic carbocycles. The van der Waals surface area contributed by atoms with Gasteiger partial charge in [0.15, 0.2) is 5.78 Å². The van der Waals surface area contributed by atoms with E-state index in [2.05, 4.69) is 10.3 Å². The predicted octanol–water partition coefficient (Wildman–Crippen LogP) is 1.36. The summed E-state index contributed by atoms with van der Waals surface area (Å²) in [5.74, 6) is -0.0158. The number of ketones is 1. The summed E-state index contributed by atoms with van der Waals surface area (Å²) in [6.07, 6.45) is 3.24. The van der Waals surface area contributed by atoms with E-state index in [4.69, 9.17) is 5.11 Å². The summed E-state index contributed by atoms with van der Waals surface area (Å²) in [6.45, 7) is 4.16. The van der Waals surface area contributed by atoms with Gasteiger partial charge in [-0.15, -0.1) is 0 Å². The zero-order chi connectivity index (χ0) is 13.5. The number of carbonyl (C=O) groups excluding carboxylic acids is 2. The standard InChI is InChI=1S/C13H20N2O3/c1-9(8-16)4-3-5-14-13(18)12-6-11(7-15-12)10(2)17/h6-7,9,15-16H,3-5,8H2,1-2H3,(H,14,18). The van der Waals surface area contributed by atoms with E-state index >= 15 is 0 Å². The Labute approximate surface area is 107 Å². The van der Waals surface area contributed by atoms with Crippen molar-refractivity contribution in [1.29, 1.82) is 0 Å². The molecule has 0 aliphatic carbocycles. The van der Waals surface area contributed by atoms with Gasteiger partial charge in [-0.25, -0.2) is 0 Å². The van der Waals surface area contributed by atoms with Crippen LogP contribution in [0.2, 0.25) is 0 Å². The molecular weight excluding hydrogens is 232 g/mol. The second-order valence-electron chi connectivity index (χ2n) is 4.54. The molecule has 0 aliphatic heterocycles. The Morgan fingerprint density at radius 3 is 2.78 bits per heavy atom. The van der Waals surface area contributed by atoms with Crippen LogP contribution >= 0.6 is 0 Å². The highest BCUT2D eigenvalue weighted by Crippen LogP contribution is 2.05. The van der Waals surface area contributed by atoms with Gasteiger partial charge >= 0.3 is 0 Å². The summed E-state index contributed by atoms with van der Waals surface area (Å²) in [4.78, 5) is 25.5. The maximum absolute atomic E-state index is 11.7. The van der Waals surface area contributed by atoms with E-state index in [1.807, 2.05) is 6.92 Å². The van der Waals surface area contributed by atoms with E-state index in [1.165, 1.54) is 13.1 Å². The molecule has 0 bridgehead atoms. The Morgan fingerprint density at radius 2 is 2.22 bits per heavy atom. The minimum absolute atomic E-state index is 0.0675. The first kappa shape index (κ1) is 14.4. The minimum atomic E-state index is -0.209. The highest BCUT2D eigenvalue weighted by atomic mass is 16.3. The van der Waals surface area contributed by atoms with Crippen molar-refractivity contribution < 1.29 is 14.7 Å². The molecule has 1 heterocycles. The smallest absolute Gasteiger partial charge is 0.267 e. The molecule has 0 saturated carbocycles. The van der Waals surface area contributed by atoms with Crippen molar-refractivity contribution in [1.82, 2.24) is 10.3 Å². The molecule has 5 heteroatoms. The van der Waals surface area contributed by atoms with Gasteiger partial charge in [0.1, 0.15) is 5.69 Å². The van der Waals surface area contributed by atoms with E-state index in [9.17, 15) is 9.59 Å². The van der Waals surface area contributed by atoms with Crippen LogP contribution in [0.1, 0.15) is 47.5 Å². The summed E-state index contributed by atoms with van der Waals surface area (Å²) in [7, 11) is 0. The predicted molar refractivity (Wildman–Crippen MR) is 68.6 cm³/mol. The molecule has 1 amide bonds. The molecule has 100 valence electrons. The van der Waals surface area contributed by atoms with Crippen molar-refractivity contribution in [3.05, 3.63) is 23.5 Å². The lowest BCUT2D eigenvalue weighted by Gasteiger charge is -2.07. The van der Waals surface area contributed by atoms with E-state index in [1.54, 1.807) is 6.07 Å². The van der Waals surface area contributed by atoms with Crippen molar-refractivity contribution in [3.63, 3.8) is 0 Å². The van der Waals surface area contributed by atoms with Crippen molar-refractivity contribution >= 4 is 11.7 Å². The van der Waals surface area contributed by atoms with Crippen molar-refractivity contribution in [2.45, 2.75) is 26.7 Å². The molecular formula is C13H20N2O3. The zero-order valence-corrected chi connectivity index (χ0v) is 10.8. The molecule has 1 unspecified atom stereocenters. The van der Waals surface area contributed by atoms with Gasteiger partial charge in [-0.3, -0.25) is 9.59 Å². The maximum Gasteiger partial charge on any atom is 0.267 e. The number of hydrogen-bond acceptors (Lipinski definition) is 3. The van der Waals surface area contributed by atoms with Crippen LogP contribution in [0.3, 0.4) is 0 Å². The lowest BCUT2D eigenvalue weighted by atomic mass is 10.1. The fourth-order valence-electron chi connectivity index (χ4n) is 1.57. The number of hydrogen-bond donors (Lipinski definition) is 3. The van der Waals surface area contributed by atoms with Crippen LogP contribution in [0.4, 0.5) is 0 Å². The number of H-pyrrole nitrogens is 1. The Hall–Kier alpha value is -1.62. The third-order valence-electron chi connectivity index (χ3n) is 2.81. The van der Waals surface area contributed by atoms with E-state index < -0.39 is 0 Å². The molecule has 18 heavy (non-hydrogen) atoms. The number of aromatic nitrogens is 1. The highest BCUT2D eigenvalue weighted by molar-refractivity contribution is 5.98. The first-order valence-corrected chi connectivity index (χ1v) is 6.13. The Morgan fingerprint density at radius 1 is 1.50 bits per heavy atom. The minimum Gasteiger partial charge on any atom is -0.396 e. The van der Waals surface area contributed by atoms with Crippen molar-refractivity contribution in [3.8, 4) is 0 Å². The summed E-state index contributed by atoms with van der Waals surface area (Å²) >= 11 is 0. The first-order valence-electron chi connectivity index (χ1n) is 6.13. The topological polar surface area (TPSA) is 82.2 Å². The molecule has 0 radical (unpaired) electrons. The number of nitrogens with one attached hydrogen (secondary N) is 2. The lowest BCUT2D eigenvalue weighted by Crippen LogP contribution is -2.25. The molecule has 1 rings (SSSR count). The Bertz CT molecular complexity index is 412. The summed E-state index contributed by atoms with van der Waals surface area (Å²) in [5, 5.41) is 11.6. The molecule has 0 fully saturated rings. The third kappa shape index (κ3) is 4.33. The lowest BCUT2D eigenvalue weighted by molar-refractivity contribution is 0.0947. The van der Waals surface area contributed by atoms with Crippen LogP contribution < -0.4 is 5.32 Å². The molecule has 0 spiro atoms. The largest absolute Gasteiger partial charge is 0.396 e. The number of aliphatic hydroxyl groups is 1. The average Bonchev–Trinajstić information content (AvgIpc) is 2.83. The van der Waals surface area contributed by atoms with Gasteiger partial charge in [0.25, 0.3) is 5.91 Å². The van der Waals surface area contributed by atoms with Crippen molar-refractivity contribution in [2.75, 3.05) is 13.2 Å². The maximum atomic E-state index is 11.7. The van der Waals surface area contributed by atoms with E-state index in [0.717, 1.165) is 12.8 Å². The van der Waals surface area contributed by atoms with Gasteiger partial charge in [-0.05, 0) is 31.7 Å². The Balaban J connectivity index is 2.34. The van der Waals surface area contributed by atoms with Crippen LogP contribution in [-0.2, 0) is 0 Å². The molecule has 1 atom stereocenters. The first-order chi connectivity index (χ1) is 8.54. The summed E-state index contributed by atoms with van der Waals surface area (Å²) in [6, 6.07) is 1.55. The SMILES string of the molecule is CC(=O)c1c[nH]c(C(=O)NCCCC(C)CO)c1. The fourth-order valence-corrected chi connectivity index (χ4v) is 1.57. The number of rotatable bonds is 7. The number of Topliss-reactive ketones (excluding diaryl/α,β-unsaturated/α-hetero) is 1. The number of aromatic amines is 1. The van der Waals surface area contributed by atoms with Gasteiger partial charge in [0.05, 0.1) is 0 Å². The summed E-state index contributed by atoms with van der Waals surface area (Å²) in [5.41, 5.74) is 0.907. The number of amides is 1. The Kier molecular flexibility index (Phi) is 5.58. The van der Waals surface area contributed by atoms with E-state index in [0.29, 0.717) is 17.8 Å². The average molecular weight is 252 g/mol. The molecule has 0 aliphatic rings. The quantitative estimate of drug-likeness (QED) is 0.506. The van der Waals surface area contributed by atoms with Crippen LogP contribution in [0.25, 0.3) is 0 Å².